The van der Waals surface area contributed by atoms with Gasteiger partial charge in [0, 0.05) is 5.69 Å². The van der Waals surface area contributed by atoms with Crippen molar-refractivity contribution in [1.82, 2.24) is 5.32 Å². The Bertz CT molecular complexity index is 332. The third kappa shape index (κ3) is 2.63. The van der Waals surface area contributed by atoms with Crippen LogP contribution in [-0.4, -0.2) is 18.2 Å². The van der Waals surface area contributed by atoms with Gasteiger partial charge in [-0.15, -0.1) is 0 Å². The van der Waals surface area contributed by atoms with Crippen molar-refractivity contribution in [3.63, 3.8) is 0 Å². The van der Waals surface area contributed by atoms with E-state index < -0.39 is 0 Å². The molecule has 15 heavy (non-hydrogen) atoms. The van der Waals surface area contributed by atoms with Gasteiger partial charge in [-0.1, -0.05) is 0 Å². The molecule has 3 nitrogen and oxygen atoms in total. The number of hydrogen-bond donors (Lipinski definition) is 3. The number of nitrogen functional groups attached to an aromatic ring is 1. The van der Waals surface area contributed by atoms with Crippen LogP contribution in [0, 0.1) is 5.92 Å². The summed E-state index contributed by atoms with van der Waals surface area (Å²) in [5.41, 5.74) is 7.76. The lowest BCUT2D eigenvalue weighted by molar-refractivity contribution is 0.372. The Morgan fingerprint density at radius 3 is 2.80 bits per heavy atom. The van der Waals surface area contributed by atoms with Crippen molar-refractivity contribution < 1.29 is 5.11 Å². The van der Waals surface area contributed by atoms with E-state index in [2.05, 4.69) is 5.32 Å². The molecule has 1 saturated heterocycles. The minimum Gasteiger partial charge on any atom is -0.508 e. The first kappa shape index (κ1) is 10.3. The molecule has 0 atom stereocenters. The second-order valence-electron chi connectivity index (χ2n) is 4.28. The average molecular weight is 206 g/mol. The van der Waals surface area contributed by atoms with Gasteiger partial charge in [-0.05, 0) is 62.0 Å². The zero-order valence-corrected chi connectivity index (χ0v) is 8.87. The van der Waals surface area contributed by atoms with E-state index in [1.807, 2.05) is 0 Å². The summed E-state index contributed by atoms with van der Waals surface area (Å²) in [7, 11) is 0. The molecule has 0 spiro atoms. The summed E-state index contributed by atoms with van der Waals surface area (Å²) < 4.78 is 0. The van der Waals surface area contributed by atoms with Gasteiger partial charge in [-0.2, -0.15) is 0 Å². The number of nitrogens with one attached hydrogen (secondary N) is 1. The molecule has 1 heterocycles. The Hall–Kier alpha value is -1.22. The van der Waals surface area contributed by atoms with Crippen molar-refractivity contribution in [2.45, 2.75) is 19.3 Å². The highest BCUT2D eigenvalue weighted by molar-refractivity contribution is 5.50. The number of phenols is 1. The summed E-state index contributed by atoms with van der Waals surface area (Å²) in [6.45, 7) is 2.20. The largest absolute Gasteiger partial charge is 0.508 e. The van der Waals surface area contributed by atoms with Gasteiger partial charge in [0.25, 0.3) is 0 Å². The van der Waals surface area contributed by atoms with E-state index in [0.29, 0.717) is 11.7 Å². The average Bonchev–Trinajstić information content (AvgIpc) is 2.25. The van der Waals surface area contributed by atoms with E-state index in [-0.39, 0.29) is 0 Å². The van der Waals surface area contributed by atoms with Gasteiger partial charge in [0.15, 0.2) is 0 Å². The predicted molar refractivity (Wildman–Crippen MR) is 61.8 cm³/mol. The van der Waals surface area contributed by atoms with Crippen molar-refractivity contribution in [2.75, 3.05) is 18.8 Å². The van der Waals surface area contributed by atoms with E-state index in [0.717, 1.165) is 30.8 Å². The highest BCUT2D eigenvalue weighted by atomic mass is 16.3. The van der Waals surface area contributed by atoms with Crippen LogP contribution in [0.2, 0.25) is 0 Å². The van der Waals surface area contributed by atoms with E-state index in [4.69, 9.17) is 5.73 Å². The third-order valence-corrected chi connectivity index (χ3v) is 3.09. The molecule has 0 amide bonds. The Morgan fingerprint density at radius 2 is 2.07 bits per heavy atom. The minimum atomic E-state index is 0.313. The van der Waals surface area contributed by atoms with Crippen LogP contribution >= 0.6 is 0 Å². The predicted octanol–water partition coefficient (Wildman–Crippen LogP) is 1.52. The number of benzene rings is 1. The SMILES string of the molecule is Nc1ccc(O)cc1CC1CCNCC1. The first-order valence-corrected chi connectivity index (χ1v) is 5.54. The second kappa shape index (κ2) is 4.53. The number of aromatic hydroxyl groups is 1. The lowest BCUT2D eigenvalue weighted by atomic mass is 9.90. The van der Waals surface area contributed by atoms with Crippen molar-refractivity contribution in [3.8, 4) is 5.75 Å². The van der Waals surface area contributed by atoms with Crippen LogP contribution in [0.5, 0.6) is 5.75 Å². The smallest absolute Gasteiger partial charge is 0.116 e. The van der Waals surface area contributed by atoms with Gasteiger partial charge in [0.1, 0.15) is 5.75 Å². The molecule has 4 N–H and O–H groups in total. The van der Waals surface area contributed by atoms with Gasteiger partial charge >= 0.3 is 0 Å². The summed E-state index contributed by atoms with van der Waals surface area (Å²) in [5.74, 6) is 1.02. The molecule has 0 aromatic heterocycles. The molecule has 3 heteroatoms. The Kier molecular flexibility index (Phi) is 3.11. The maximum atomic E-state index is 9.40. The van der Waals surface area contributed by atoms with Crippen LogP contribution in [0.3, 0.4) is 0 Å². The quantitative estimate of drug-likeness (QED) is 0.508. The van der Waals surface area contributed by atoms with Crippen molar-refractivity contribution >= 4 is 5.69 Å². The summed E-state index contributed by atoms with van der Waals surface area (Å²) in [6, 6.07) is 5.21. The molecule has 2 rings (SSSR count). The number of hydrogen-bond acceptors (Lipinski definition) is 3. The summed E-state index contributed by atoms with van der Waals surface area (Å²) in [6.07, 6.45) is 3.39. The fourth-order valence-corrected chi connectivity index (χ4v) is 2.17. The monoisotopic (exact) mass is 206 g/mol. The first-order valence-electron chi connectivity index (χ1n) is 5.54. The molecule has 0 saturated carbocycles. The van der Waals surface area contributed by atoms with Crippen molar-refractivity contribution in [3.05, 3.63) is 23.8 Å². The van der Waals surface area contributed by atoms with Crippen LogP contribution in [0.1, 0.15) is 18.4 Å². The van der Waals surface area contributed by atoms with Crippen molar-refractivity contribution in [1.29, 1.82) is 0 Å². The van der Waals surface area contributed by atoms with Crippen molar-refractivity contribution in [2.24, 2.45) is 5.92 Å². The number of anilines is 1. The lowest BCUT2D eigenvalue weighted by Gasteiger charge is -2.23. The molecule has 1 aromatic carbocycles. The van der Waals surface area contributed by atoms with Gasteiger partial charge in [0.05, 0.1) is 0 Å². The molecule has 82 valence electrons. The molecule has 1 aliphatic heterocycles. The molecule has 0 unspecified atom stereocenters. The van der Waals surface area contributed by atoms with Gasteiger partial charge < -0.3 is 16.2 Å². The summed E-state index contributed by atoms with van der Waals surface area (Å²) >= 11 is 0. The standard InChI is InChI=1S/C12H18N2O/c13-12-2-1-11(15)8-10(12)7-9-3-5-14-6-4-9/h1-2,8-9,14-15H,3-7,13H2. The third-order valence-electron chi connectivity index (χ3n) is 3.09. The Morgan fingerprint density at radius 1 is 1.33 bits per heavy atom. The maximum absolute atomic E-state index is 9.40. The number of piperidine rings is 1. The zero-order chi connectivity index (χ0) is 10.7. The maximum Gasteiger partial charge on any atom is 0.116 e. The molecule has 1 aromatic rings. The topological polar surface area (TPSA) is 58.3 Å². The van der Waals surface area contributed by atoms with Gasteiger partial charge in [-0.3, -0.25) is 0 Å². The number of rotatable bonds is 2. The number of nitrogens with two attached hydrogens (primary N) is 1. The molecule has 0 aliphatic carbocycles. The van der Waals surface area contributed by atoms with Gasteiger partial charge in [-0.25, -0.2) is 0 Å². The molecular weight excluding hydrogens is 188 g/mol. The first-order chi connectivity index (χ1) is 7.25. The Labute approximate surface area is 90.3 Å². The molecule has 1 aliphatic rings. The van der Waals surface area contributed by atoms with Crippen LogP contribution in [0.15, 0.2) is 18.2 Å². The molecular formula is C12H18N2O. The fourth-order valence-electron chi connectivity index (χ4n) is 2.17. The Balaban J connectivity index is 2.05. The van der Waals surface area contributed by atoms with Crippen LogP contribution in [-0.2, 0) is 6.42 Å². The van der Waals surface area contributed by atoms with Crippen LogP contribution < -0.4 is 11.1 Å². The van der Waals surface area contributed by atoms with E-state index in [1.165, 1.54) is 12.8 Å². The lowest BCUT2D eigenvalue weighted by Crippen LogP contribution is -2.28. The number of phenolic OH excluding ortho intramolecular Hbond substituents is 1. The van der Waals surface area contributed by atoms with Crippen LogP contribution in [0.25, 0.3) is 0 Å². The van der Waals surface area contributed by atoms with Gasteiger partial charge in [0.2, 0.25) is 0 Å². The second-order valence-corrected chi connectivity index (χ2v) is 4.28. The molecule has 0 radical (unpaired) electrons. The summed E-state index contributed by atoms with van der Waals surface area (Å²) in [4.78, 5) is 0. The minimum absolute atomic E-state index is 0.313. The highest BCUT2D eigenvalue weighted by Gasteiger charge is 2.14. The zero-order valence-electron chi connectivity index (χ0n) is 8.87. The summed E-state index contributed by atoms with van der Waals surface area (Å²) in [5, 5.41) is 12.7. The fraction of sp³-hybridized carbons (Fsp3) is 0.500. The van der Waals surface area contributed by atoms with E-state index in [1.54, 1.807) is 18.2 Å². The van der Waals surface area contributed by atoms with Crippen LogP contribution in [0.4, 0.5) is 5.69 Å². The normalized spacial score (nSPS) is 17.9. The van der Waals surface area contributed by atoms with E-state index >= 15 is 0 Å². The molecule has 0 bridgehead atoms. The van der Waals surface area contributed by atoms with E-state index in [9.17, 15) is 5.11 Å². The molecule has 1 fully saturated rings. The highest BCUT2D eigenvalue weighted by Crippen LogP contribution is 2.24.